The number of nitrogens with one attached hydrogen (secondary N) is 2. The molecular weight excluding hydrogens is 416 g/mol. The molecule has 9 heteroatoms. The molecule has 0 bridgehead atoms. The number of hydrogen-bond donors (Lipinski definition) is 2. The average molecular weight is 437 g/mol. The fraction of sp³-hybridized carbons (Fsp3) is 0.227. The molecule has 1 aliphatic rings. The third kappa shape index (κ3) is 3.54. The Morgan fingerprint density at radius 1 is 1.16 bits per heavy atom. The number of hydrogen-bond acceptors (Lipinski definition) is 6. The van der Waals surface area contributed by atoms with Crippen molar-refractivity contribution >= 4 is 39.8 Å². The Bertz CT molecular complexity index is 1300. The molecule has 31 heavy (non-hydrogen) atoms. The second kappa shape index (κ2) is 8.05. The molecule has 3 heterocycles. The summed E-state index contributed by atoms with van der Waals surface area (Å²) in [5, 5.41) is 10.5. The Balaban J connectivity index is 1.57. The van der Waals surface area contributed by atoms with Crippen LogP contribution in [-0.2, 0) is 11.8 Å². The van der Waals surface area contributed by atoms with E-state index in [1.54, 1.807) is 19.4 Å². The summed E-state index contributed by atoms with van der Waals surface area (Å²) in [5.74, 6) is 0.253. The maximum absolute atomic E-state index is 13.2. The molecule has 2 aromatic carbocycles. The fourth-order valence-corrected chi connectivity index (χ4v) is 4.28. The van der Waals surface area contributed by atoms with Gasteiger partial charge in [-0.3, -0.25) is 9.89 Å². The van der Waals surface area contributed by atoms with Crippen molar-refractivity contribution < 1.29 is 4.74 Å². The molecule has 1 fully saturated rings. The smallest absolute Gasteiger partial charge is 0.293 e. The predicted molar refractivity (Wildman–Crippen MR) is 122 cm³/mol. The number of aromatic amines is 1. The first-order chi connectivity index (χ1) is 15.1. The topological polar surface area (TPSA) is 88.1 Å². The van der Waals surface area contributed by atoms with Crippen molar-refractivity contribution in [3.63, 3.8) is 0 Å². The van der Waals surface area contributed by atoms with Crippen LogP contribution in [0, 0.1) is 0 Å². The van der Waals surface area contributed by atoms with E-state index in [1.807, 2.05) is 36.4 Å². The number of anilines is 3. The van der Waals surface area contributed by atoms with Crippen LogP contribution < -0.4 is 15.8 Å². The molecule has 0 amide bonds. The van der Waals surface area contributed by atoms with Crippen LogP contribution in [0.1, 0.15) is 0 Å². The Morgan fingerprint density at radius 3 is 2.74 bits per heavy atom. The molecule has 5 rings (SSSR count). The zero-order valence-corrected chi connectivity index (χ0v) is 17.7. The van der Waals surface area contributed by atoms with Crippen LogP contribution in [-0.4, -0.2) is 46.1 Å². The molecule has 2 aromatic heterocycles. The molecule has 4 aromatic rings. The van der Waals surface area contributed by atoms with Crippen LogP contribution in [0.15, 0.2) is 53.6 Å². The number of benzene rings is 2. The van der Waals surface area contributed by atoms with Gasteiger partial charge in [0.15, 0.2) is 5.82 Å². The zero-order chi connectivity index (χ0) is 21.4. The molecule has 0 atom stereocenters. The molecule has 0 saturated carbocycles. The molecule has 0 unspecified atom stereocenters. The van der Waals surface area contributed by atoms with E-state index < -0.39 is 0 Å². The van der Waals surface area contributed by atoms with Gasteiger partial charge in [0.25, 0.3) is 5.56 Å². The van der Waals surface area contributed by atoms with Crippen LogP contribution in [0.3, 0.4) is 0 Å². The molecule has 2 N–H and O–H groups in total. The Morgan fingerprint density at radius 2 is 1.97 bits per heavy atom. The van der Waals surface area contributed by atoms with Crippen molar-refractivity contribution in [2.75, 3.05) is 36.5 Å². The highest BCUT2D eigenvalue weighted by Crippen LogP contribution is 2.34. The van der Waals surface area contributed by atoms with E-state index in [-0.39, 0.29) is 11.4 Å². The summed E-state index contributed by atoms with van der Waals surface area (Å²) in [6.07, 6.45) is 3.45. The lowest BCUT2D eigenvalue weighted by Crippen LogP contribution is -2.36. The van der Waals surface area contributed by atoms with Crippen LogP contribution in [0.5, 0.6) is 0 Å². The molecule has 1 saturated heterocycles. The van der Waals surface area contributed by atoms with Gasteiger partial charge >= 0.3 is 0 Å². The van der Waals surface area contributed by atoms with Gasteiger partial charge in [-0.05, 0) is 18.2 Å². The number of nitrogens with zero attached hydrogens (tertiary/aromatic N) is 4. The average Bonchev–Trinajstić information content (AvgIpc) is 3.33. The van der Waals surface area contributed by atoms with Gasteiger partial charge in [-0.1, -0.05) is 29.8 Å². The van der Waals surface area contributed by atoms with Crippen molar-refractivity contribution in [3.8, 4) is 11.1 Å². The highest BCUT2D eigenvalue weighted by molar-refractivity contribution is 6.37. The van der Waals surface area contributed by atoms with E-state index in [2.05, 4.69) is 25.4 Å². The Kier molecular flexibility index (Phi) is 5.09. The number of H-pyrrole nitrogens is 1. The van der Waals surface area contributed by atoms with Gasteiger partial charge in [0.05, 0.1) is 46.8 Å². The molecule has 8 nitrogen and oxygen atoms in total. The number of aryl methyl sites for hydroxylation is 1. The van der Waals surface area contributed by atoms with E-state index in [9.17, 15) is 4.79 Å². The normalized spacial score (nSPS) is 14.2. The second-order valence-electron chi connectivity index (χ2n) is 7.35. The molecular formula is C22H21ClN6O2. The Labute approximate surface area is 183 Å². The van der Waals surface area contributed by atoms with Crippen LogP contribution in [0.25, 0.3) is 22.2 Å². The summed E-state index contributed by atoms with van der Waals surface area (Å²) in [7, 11) is 1.70. The first kappa shape index (κ1) is 19.6. The maximum Gasteiger partial charge on any atom is 0.293 e. The highest BCUT2D eigenvalue weighted by Gasteiger charge is 2.18. The number of para-hydroxylation sites is 2. The van der Waals surface area contributed by atoms with E-state index in [1.165, 1.54) is 4.57 Å². The van der Waals surface area contributed by atoms with Crippen molar-refractivity contribution in [1.82, 2.24) is 19.7 Å². The Hall–Kier alpha value is -3.36. The lowest BCUT2D eigenvalue weighted by Gasteiger charge is -2.30. The summed E-state index contributed by atoms with van der Waals surface area (Å²) in [4.78, 5) is 20.0. The van der Waals surface area contributed by atoms with Crippen molar-refractivity contribution in [2.24, 2.45) is 7.05 Å². The number of aromatic nitrogens is 4. The minimum Gasteiger partial charge on any atom is -0.378 e. The first-order valence-corrected chi connectivity index (χ1v) is 10.4. The van der Waals surface area contributed by atoms with Crippen molar-refractivity contribution in [1.29, 1.82) is 0 Å². The van der Waals surface area contributed by atoms with E-state index >= 15 is 0 Å². The third-order valence-electron chi connectivity index (χ3n) is 5.49. The van der Waals surface area contributed by atoms with E-state index in [0.717, 1.165) is 35.6 Å². The van der Waals surface area contributed by atoms with E-state index in [4.69, 9.17) is 16.3 Å². The molecule has 0 spiro atoms. The van der Waals surface area contributed by atoms with Crippen LogP contribution in [0.2, 0.25) is 5.02 Å². The van der Waals surface area contributed by atoms with Gasteiger partial charge in [-0.2, -0.15) is 5.10 Å². The quantitative estimate of drug-likeness (QED) is 0.508. The largest absolute Gasteiger partial charge is 0.378 e. The van der Waals surface area contributed by atoms with Gasteiger partial charge in [0, 0.05) is 37.5 Å². The van der Waals surface area contributed by atoms with Gasteiger partial charge in [-0.25, -0.2) is 4.98 Å². The number of rotatable bonds is 4. The first-order valence-electron chi connectivity index (χ1n) is 10.0. The molecule has 1 aliphatic heterocycles. The number of fused-ring (bicyclic) bond motifs is 1. The zero-order valence-electron chi connectivity index (χ0n) is 16.9. The van der Waals surface area contributed by atoms with Gasteiger partial charge in [-0.15, -0.1) is 0 Å². The standard InChI is InChI=1S/C22H21ClN6O2/c1-28-20-17(7-6-15(19(20)23)14-12-24-25-13-14)27-21(22(28)30)26-16-4-2-3-5-18(16)29-8-10-31-11-9-29/h2-7,12-13H,8-11H2,1H3,(H,24,25)(H,26,27). The van der Waals surface area contributed by atoms with Crippen LogP contribution >= 0.6 is 11.6 Å². The van der Waals surface area contributed by atoms with Crippen LogP contribution in [0.4, 0.5) is 17.2 Å². The lowest BCUT2D eigenvalue weighted by molar-refractivity contribution is 0.123. The second-order valence-corrected chi connectivity index (χ2v) is 7.73. The SMILES string of the molecule is Cn1c(=O)c(Nc2ccccc2N2CCOCC2)nc2ccc(-c3cn[nH]c3)c(Cl)c21. The summed E-state index contributed by atoms with van der Waals surface area (Å²) in [6.45, 7) is 2.96. The van der Waals surface area contributed by atoms with Crippen molar-refractivity contribution in [3.05, 3.63) is 64.2 Å². The summed E-state index contributed by atoms with van der Waals surface area (Å²) < 4.78 is 7.00. The fourth-order valence-electron chi connectivity index (χ4n) is 3.88. The van der Waals surface area contributed by atoms with Gasteiger partial charge in [0.1, 0.15) is 0 Å². The number of morpholine rings is 1. The lowest BCUT2D eigenvalue weighted by atomic mass is 10.1. The maximum atomic E-state index is 13.2. The molecule has 158 valence electrons. The molecule has 0 radical (unpaired) electrons. The minimum atomic E-state index is -0.254. The number of ether oxygens (including phenoxy) is 1. The molecule has 0 aliphatic carbocycles. The predicted octanol–water partition coefficient (Wildman–Crippen LogP) is 3.56. The minimum absolute atomic E-state index is 0.253. The number of halogens is 1. The van der Waals surface area contributed by atoms with Crippen molar-refractivity contribution in [2.45, 2.75) is 0 Å². The van der Waals surface area contributed by atoms with Gasteiger partial charge < -0.3 is 19.5 Å². The van der Waals surface area contributed by atoms with E-state index in [0.29, 0.717) is 29.3 Å². The monoisotopic (exact) mass is 436 g/mol. The third-order valence-corrected chi connectivity index (χ3v) is 5.87. The van der Waals surface area contributed by atoms with Gasteiger partial charge in [0.2, 0.25) is 0 Å². The summed E-state index contributed by atoms with van der Waals surface area (Å²) >= 11 is 6.67. The summed E-state index contributed by atoms with van der Waals surface area (Å²) in [6, 6.07) is 11.7. The summed E-state index contributed by atoms with van der Waals surface area (Å²) in [5.41, 5.74) is 4.44. The highest BCUT2D eigenvalue weighted by atomic mass is 35.5.